The van der Waals surface area contributed by atoms with Crippen molar-refractivity contribution < 1.29 is 4.74 Å². The highest BCUT2D eigenvalue weighted by molar-refractivity contribution is 4.77. The first-order valence-electron chi connectivity index (χ1n) is 5.59. The lowest BCUT2D eigenvalue weighted by Crippen LogP contribution is -2.22. The molecule has 1 rings (SSSR count). The zero-order chi connectivity index (χ0) is 10.9. The predicted octanol–water partition coefficient (Wildman–Crippen LogP) is 1.29. The van der Waals surface area contributed by atoms with E-state index in [9.17, 15) is 0 Å². The maximum atomic E-state index is 5.44. The SMILES string of the molecule is CC(C)OCCCNCCn1cccn1. The van der Waals surface area contributed by atoms with Crippen molar-refractivity contribution in [3.05, 3.63) is 18.5 Å². The largest absolute Gasteiger partial charge is 0.379 e. The van der Waals surface area contributed by atoms with Crippen LogP contribution in [0.2, 0.25) is 0 Å². The predicted molar refractivity (Wildman–Crippen MR) is 60.8 cm³/mol. The Labute approximate surface area is 91.6 Å². The number of aromatic nitrogens is 2. The van der Waals surface area contributed by atoms with Crippen LogP contribution < -0.4 is 5.32 Å². The molecule has 0 radical (unpaired) electrons. The van der Waals surface area contributed by atoms with Crippen LogP contribution in [-0.2, 0) is 11.3 Å². The number of hydrogen-bond donors (Lipinski definition) is 1. The maximum Gasteiger partial charge on any atom is 0.0533 e. The van der Waals surface area contributed by atoms with Crippen LogP contribution in [-0.4, -0.2) is 35.6 Å². The van der Waals surface area contributed by atoms with E-state index in [0.29, 0.717) is 6.10 Å². The van der Waals surface area contributed by atoms with Gasteiger partial charge in [0.25, 0.3) is 0 Å². The van der Waals surface area contributed by atoms with Crippen LogP contribution in [0.1, 0.15) is 20.3 Å². The van der Waals surface area contributed by atoms with Crippen molar-refractivity contribution in [3.63, 3.8) is 0 Å². The van der Waals surface area contributed by atoms with E-state index in [2.05, 4.69) is 24.3 Å². The summed E-state index contributed by atoms with van der Waals surface area (Å²) in [6.45, 7) is 7.86. The van der Waals surface area contributed by atoms with Gasteiger partial charge in [-0.15, -0.1) is 0 Å². The third-order valence-corrected chi connectivity index (χ3v) is 2.03. The monoisotopic (exact) mass is 211 g/mol. The average Bonchev–Trinajstić information content (AvgIpc) is 2.68. The van der Waals surface area contributed by atoms with E-state index in [4.69, 9.17) is 4.74 Å². The van der Waals surface area contributed by atoms with Gasteiger partial charge in [-0.05, 0) is 32.9 Å². The average molecular weight is 211 g/mol. The van der Waals surface area contributed by atoms with Crippen LogP contribution >= 0.6 is 0 Å². The highest BCUT2D eigenvalue weighted by Gasteiger charge is 1.93. The van der Waals surface area contributed by atoms with Crippen molar-refractivity contribution in [1.82, 2.24) is 15.1 Å². The first-order chi connectivity index (χ1) is 7.29. The minimum absolute atomic E-state index is 0.342. The Bertz CT molecular complexity index is 234. The molecule has 0 spiro atoms. The molecule has 0 fully saturated rings. The van der Waals surface area contributed by atoms with Crippen molar-refractivity contribution in [3.8, 4) is 0 Å². The molecule has 4 heteroatoms. The molecule has 0 saturated carbocycles. The molecule has 1 aromatic rings. The van der Waals surface area contributed by atoms with Crippen molar-refractivity contribution in [2.75, 3.05) is 19.7 Å². The van der Waals surface area contributed by atoms with Crippen LogP contribution in [0.25, 0.3) is 0 Å². The van der Waals surface area contributed by atoms with Crippen LogP contribution in [0.3, 0.4) is 0 Å². The Morgan fingerprint density at radius 2 is 2.27 bits per heavy atom. The second-order valence-electron chi connectivity index (χ2n) is 3.79. The third kappa shape index (κ3) is 6.25. The minimum atomic E-state index is 0.342. The lowest BCUT2D eigenvalue weighted by molar-refractivity contribution is 0.0771. The van der Waals surface area contributed by atoms with Gasteiger partial charge in [0.2, 0.25) is 0 Å². The topological polar surface area (TPSA) is 39.1 Å². The summed E-state index contributed by atoms with van der Waals surface area (Å²) in [6, 6.07) is 1.94. The summed E-state index contributed by atoms with van der Waals surface area (Å²) in [6.07, 6.45) is 5.19. The first-order valence-corrected chi connectivity index (χ1v) is 5.59. The zero-order valence-corrected chi connectivity index (χ0v) is 9.65. The summed E-state index contributed by atoms with van der Waals surface area (Å²) in [5.74, 6) is 0. The van der Waals surface area contributed by atoms with Gasteiger partial charge in [-0.3, -0.25) is 4.68 Å². The van der Waals surface area contributed by atoms with Gasteiger partial charge in [-0.2, -0.15) is 5.10 Å². The number of nitrogens with zero attached hydrogens (tertiary/aromatic N) is 2. The molecular weight excluding hydrogens is 190 g/mol. The number of nitrogens with one attached hydrogen (secondary N) is 1. The van der Waals surface area contributed by atoms with Gasteiger partial charge in [-0.25, -0.2) is 0 Å². The third-order valence-electron chi connectivity index (χ3n) is 2.03. The molecule has 0 unspecified atom stereocenters. The van der Waals surface area contributed by atoms with Gasteiger partial charge >= 0.3 is 0 Å². The van der Waals surface area contributed by atoms with Gasteiger partial charge in [0.15, 0.2) is 0 Å². The van der Waals surface area contributed by atoms with Crippen LogP contribution in [0.4, 0.5) is 0 Å². The first kappa shape index (κ1) is 12.2. The van der Waals surface area contributed by atoms with Crippen molar-refractivity contribution in [2.45, 2.75) is 32.9 Å². The lowest BCUT2D eigenvalue weighted by atomic mass is 10.4. The molecule has 0 amide bonds. The summed E-state index contributed by atoms with van der Waals surface area (Å²) < 4.78 is 7.36. The molecule has 4 nitrogen and oxygen atoms in total. The van der Waals surface area contributed by atoms with Gasteiger partial charge in [0.05, 0.1) is 12.6 Å². The molecule has 1 heterocycles. The maximum absolute atomic E-state index is 5.44. The molecule has 15 heavy (non-hydrogen) atoms. The molecule has 0 saturated heterocycles. The molecule has 0 aromatic carbocycles. The fourth-order valence-electron chi connectivity index (χ4n) is 1.27. The van der Waals surface area contributed by atoms with E-state index >= 15 is 0 Å². The van der Waals surface area contributed by atoms with Gasteiger partial charge in [0, 0.05) is 25.5 Å². The standard InChI is InChI=1S/C11H21N3O/c1-11(2)15-10-4-5-12-7-9-14-8-3-6-13-14/h3,6,8,11-12H,4-5,7,9-10H2,1-2H3. The second-order valence-corrected chi connectivity index (χ2v) is 3.79. The molecule has 1 aromatic heterocycles. The van der Waals surface area contributed by atoms with Crippen molar-refractivity contribution >= 4 is 0 Å². The van der Waals surface area contributed by atoms with Crippen LogP contribution in [0, 0.1) is 0 Å². The summed E-state index contributed by atoms with van der Waals surface area (Å²) in [7, 11) is 0. The lowest BCUT2D eigenvalue weighted by Gasteiger charge is -2.08. The Morgan fingerprint density at radius 1 is 1.40 bits per heavy atom. The molecule has 0 bridgehead atoms. The number of hydrogen-bond acceptors (Lipinski definition) is 3. The Kier molecular flexibility index (Phi) is 6.04. The summed E-state index contributed by atoms with van der Waals surface area (Å²) in [5, 5.41) is 7.48. The molecule has 1 N–H and O–H groups in total. The molecule has 0 aliphatic heterocycles. The van der Waals surface area contributed by atoms with Crippen molar-refractivity contribution in [1.29, 1.82) is 0 Å². The molecular formula is C11H21N3O. The number of ether oxygens (including phenoxy) is 1. The summed E-state index contributed by atoms with van der Waals surface area (Å²) in [4.78, 5) is 0. The molecule has 0 aliphatic carbocycles. The van der Waals surface area contributed by atoms with E-state index in [1.165, 1.54) is 0 Å². The van der Waals surface area contributed by atoms with E-state index < -0.39 is 0 Å². The fraction of sp³-hybridized carbons (Fsp3) is 0.727. The molecule has 0 aliphatic rings. The van der Waals surface area contributed by atoms with E-state index in [1.807, 2.05) is 16.9 Å². The molecule has 0 atom stereocenters. The summed E-state index contributed by atoms with van der Waals surface area (Å²) >= 11 is 0. The normalized spacial score (nSPS) is 11.1. The minimum Gasteiger partial charge on any atom is -0.379 e. The van der Waals surface area contributed by atoms with E-state index in [1.54, 1.807) is 6.20 Å². The van der Waals surface area contributed by atoms with Crippen LogP contribution in [0.15, 0.2) is 18.5 Å². The second kappa shape index (κ2) is 7.43. The molecule has 86 valence electrons. The van der Waals surface area contributed by atoms with Gasteiger partial charge < -0.3 is 10.1 Å². The smallest absolute Gasteiger partial charge is 0.0533 e. The number of rotatable bonds is 8. The Balaban J connectivity index is 1.85. The Hall–Kier alpha value is -0.870. The zero-order valence-electron chi connectivity index (χ0n) is 9.65. The van der Waals surface area contributed by atoms with E-state index in [0.717, 1.165) is 32.7 Å². The van der Waals surface area contributed by atoms with Gasteiger partial charge in [-0.1, -0.05) is 0 Å². The Morgan fingerprint density at radius 3 is 2.93 bits per heavy atom. The van der Waals surface area contributed by atoms with E-state index in [-0.39, 0.29) is 0 Å². The highest BCUT2D eigenvalue weighted by atomic mass is 16.5. The highest BCUT2D eigenvalue weighted by Crippen LogP contribution is 1.89. The van der Waals surface area contributed by atoms with Crippen LogP contribution in [0.5, 0.6) is 0 Å². The fourth-order valence-corrected chi connectivity index (χ4v) is 1.27. The van der Waals surface area contributed by atoms with Gasteiger partial charge in [0.1, 0.15) is 0 Å². The van der Waals surface area contributed by atoms with Crippen molar-refractivity contribution in [2.24, 2.45) is 0 Å². The quantitative estimate of drug-likeness (QED) is 0.659. The summed E-state index contributed by atoms with van der Waals surface area (Å²) in [5.41, 5.74) is 0.